The van der Waals surface area contributed by atoms with Crippen LogP contribution < -0.4 is 5.43 Å². The largest absolute Gasteiger partial charge is 0.360 e. The predicted molar refractivity (Wildman–Crippen MR) is 79.9 cm³/mol. The molecule has 0 radical (unpaired) electrons. The maximum Gasteiger partial charge on any atom is 0.196 e. The summed E-state index contributed by atoms with van der Waals surface area (Å²) in [5.41, 5.74) is 2.67. The first-order valence-corrected chi connectivity index (χ1v) is 6.18. The molecule has 0 atom stereocenters. The van der Waals surface area contributed by atoms with Crippen LogP contribution in [0.25, 0.3) is 23.1 Å². The zero-order valence-electron chi connectivity index (χ0n) is 10.3. The van der Waals surface area contributed by atoms with E-state index in [4.69, 9.17) is 0 Å². The zero-order chi connectivity index (χ0) is 13.1. The second kappa shape index (κ2) is 4.94. The molecule has 0 saturated carbocycles. The van der Waals surface area contributed by atoms with E-state index in [-0.39, 0.29) is 5.43 Å². The molecule has 3 rings (SSSR count). The lowest BCUT2D eigenvalue weighted by Gasteiger charge is -1.99. The van der Waals surface area contributed by atoms with Gasteiger partial charge in [0.25, 0.3) is 0 Å². The molecule has 2 heteroatoms. The lowest BCUT2D eigenvalue weighted by atomic mass is 10.1. The van der Waals surface area contributed by atoms with Gasteiger partial charge >= 0.3 is 0 Å². The van der Waals surface area contributed by atoms with Gasteiger partial charge in [0.2, 0.25) is 0 Å². The first-order valence-electron chi connectivity index (χ1n) is 6.18. The van der Waals surface area contributed by atoms with E-state index < -0.39 is 0 Å². The van der Waals surface area contributed by atoms with Crippen LogP contribution in [0.1, 0.15) is 11.1 Å². The quantitative estimate of drug-likeness (QED) is 0.736. The summed E-state index contributed by atoms with van der Waals surface area (Å²) in [4.78, 5) is 15.4. The van der Waals surface area contributed by atoms with Gasteiger partial charge in [-0.25, -0.2) is 0 Å². The minimum atomic E-state index is 0.0570. The van der Waals surface area contributed by atoms with Crippen LogP contribution in [0.15, 0.2) is 65.6 Å². The van der Waals surface area contributed by atoms with Crippen LogP contribution in [-0.2, 0) is 0 Å². The highest BCUT2D eigenvalue weighted by molar-refractivity contribution is 5.82. The van der Waals surface area contributed by atoms with E-state index in [1.165, 1.54) is 0 Å². The molecular formula is C17H13NO. The molecule has 0 amide bonds. The number of hydrogen-bond donors (Lipinski definition) is 1. The van der Waals surface area contributed by atoms with Crippen molar-refractivity contribution in [2.24, 2.45) is 0 Å². The second-order valence-corrected chi connectivity index (χ2v) is 4.36. The predicted octanol–water partition coefficient (Wildman–Crippen LogP) is 3.70. The fourth-order valence-corrected chi connectivity index (χ4v) is 2.06. The third kappa shape index (κ3) is 2.33. The van der Waals surface area contributed by atoms with Crippen LogP contribution in [-0.4, -0.2) is 4.98 Å². The Balaban J connectivity index is 2.05. The summed E-state index contributed by atoms with van der Waals surface area (Å²) in [7, 11) is 0. The zero-order valence-corrected chi connectivity index (χ0v) is 10.3. The molecular weight excluding hydrogens is 234 g/mol. The molecule has 19 heavy (non-hydrogen) atoms. The van der Waals surface area contributed by atoms with E-state index in [2.05, 4.69) is 4.98 Å². The molecule has 1 heterocycles. The smallest absolute Gasteiger partial charge is 0.196 e. The van der Waals surface area contributed by atoms with E-state index >= 15 is 0 Å². The van der Waals surface area contributed by atoms with Crippen molar-refractivity contribution in [1.29, 1.82) is 0 Å². The van der Waals surface area contributed by atoms with Crippen LogP contribution in [0.3, 0.4) is 0 Å². The van der Waals surface area contributed by atoms with Gasteiger partial charge in [-0.3, -0.25) is 4.79 Å². The van der Waals surface area contributed by atoms with Crippen molar-refractivity contribution in [3.05, 3.63) is 82.1 Å². The van der Waals surface area contributed by atoms with Gasteiger partial charge in [-0.2, -0.15) is 0 Å². The number of benzene rings is 2. The summed E-state index contributed by atoms with van der Waals surface area (Å²) in [6.45, 7) is 0. The molecule has 0 saturated heterocycles. The number of H-pyrrole nitrogens is 1. The molecule has 0 aliphatic carbocycles. The summed E-state index contributed by atoms with van der Waals surface area (Å²) >= 11 is 0. The normalized spacial score (nSPS) is 11.2. The fraction of sp³-hybridized carbons (Fsp3) is 0. The Kier molecular flexibility index (Phi) is 2.99. The Morgan fingerprint density at radius 2 is 1.58 bits per heavy atom. The number of para-hydroxylation sites is 1. The van der Waals surface area contributed by atoms with Crippen molar-refractivity contribution in [1.82, 2.24) is 4.98 Å². The molecule has 0 aliphatic heterocycles. The SMILES string of the molecule is O=c1c(/C=C/c2ccccc2)c[nH]c2ccccc12. The Labute approximate surface area is 111 Å². The molecule has 2 nitrogen and oxygen atoms in total. The molecule has 0 aliphatic rings. The lowest BCUT2D eigenvalue weighted by molar-refractivity contribution is 1.37. The van der Waals surface area contributed by atoms with E-state index in [0.29, 0.717) is 5.56 Å². The van der Waals surface area contributed by atoms with E-state index in [1.54, 1.807) is 6.20 Å². The summed E-state index contributed by atoms with van der Waals surface area (Å²) in [5.74, 6) is 0. The standard InChI is InChI=1S/C17H13NO/c19-17-14(11-10-13-6-2-1-3-7-13)12-18-16-9-5-4-8-15(16)17/h1-12H,(H,18,19)/b11-10+. The second-order valence-electron chi connectivity index (χ2n) is 4.36. The van der Waals surface area contributed by atoms with Gasteiger partial charge in [0.15, 0.2) is 5.43 Å². The number of rotatable bonds is 2. The van der Waals surface area contributed by atoms with Gasteiger partial charge in [0, 0.05) is 22.7 Å². The molecule has 0 unspecified atom stereocenters. The van der Waals surface area contributed by atoms with Crippen molar-refractivity contribution in [2.75, 3.05) is 0 Å². The van der Waals surface area contributed by atoms with Gasteiger partial charge in [0.1, 0.15) is 0 Å². The van der Waals surface area contributed by atoms with Crippen LogP contribution in [0, 0.1) is 0 Å². The van der Waals surface area contributed by atoms with Crippen LogP contribution >= 0.6 is 0 Å². The average Bonchev–Trinajstić information content (AvgIpc) is 2.48. The van der Waals surface area contributed by atoms with Crippen molar-refractivity contribution >= 4 is 23.1 Å². The summed E-state index contributed by atoms with van der Waals surface area (Å²) < 4.78 is 0. The highest BCUT2D eigenvalue weighted by Crippen LogP contribution is 2.09. The number of aromatic amines is 1. The van der Waals surface area contributed by atoms with Gasteiger partial charge < -0.3 is 4.98 Å². The highest BCUT2D eigenvalue weighted by Gasteiger charge is 2.01. The number of pyridine rings is 1. The molecule has 0 fully saturated rings. The maximum absolute atomic E-state index is 12.3. The van der Waals surface area contributed by atoms with Crippen LogP contribution in [0.2, 0.25) is 0 Å². The average molecular weight is 247 g/mol. The van der Waals surface area contributed by atoms with Crippen LogP contribution in [0.5, 0.6) is 0 Å². The third-order valence-electron chi connectivity index (χ3n) is 3.07. The number of hydrogen-bond acceptors (Lipinski definition) is 1. The maximum atomic E-state index is 12.3. The fourth-order valence-electron chi connectivity index (χ4n) is 2.06. The molecule has 1 aromatic heterocycles. The topological polar surface area (TPSA) is 32.9 Å². The summed E-state index contributed by atoms with van der Waals surface area (Å²) in [6, 6.07) is 17.5. The Morgan fingerprint density at radius 1 is 0.842 bits per heavy atom. The third-order valence-corrected chi connectivity index (χ3v) is 3.07. The molecule has 3 aromatic rings. The Hall–Kier alpha value is -2.61. The Bertz CT molecular complexity index is 785. The van der Waals surface area contributed by atoms with Gasteiger partial charge in [0.05, 0.1) is 0 Å². The monoisotopic (exact) mass is 247 g/mol. The highest BCUT2D eigenvalue weighted by atomic mass is 16.1. The lowest BCUT2D eigenvalue weighted by Crippen LogP contribution is -2.05. The van der Waals surface area contributed by atoms with Crippen molar-refractivity contribution < 1.29 is 0 Å². The minimum Gasteiger partial charge on any atom is -0.360 e. The van der Waals surface area contributed by atoms with Gasteiger partial charge in [-0.1, -0.05) is 48.5 Å². The van der Waals surface area contributed by atoms with Gasteiger partial charge in [-0.05, 0) is 23.8 Å². The van der Waals surface area contributed by atoms with Crippen LogP contribution in [0.4, 0.5) is 0 Å². The molecule has 1 N–H and O–H groups in total. The number of aromatic nitrogens is 1. The summed E-state index contributed by atoms with van der Waals surface area (Å²) in [6.07, 6.45) is 5.55. The summed E-state index contributed by atoms with van der Waals surface area (Å²) in [5, 5.41) is 0.720. The van der Waals surface area contributed by atoms with Crippen molar-refractivity contribution in [2.45, 2.75) is 0 Å². The van der Waals surface area contributed by atoms with Crippen molar-refractivity contribution in [3.8, 4) is 0 Å². The number of fused-ring (bicyclic) bond motifs is 1. The van der Waals surface area contributed by atoms with E-state index in [1.807, 2.05) is 66.7 Å². The molecule has 92 valence electrons. The molecule has 0 bridgehead atoms. The first kappa shape index (κ1) is 11.5. The molecule has 0 spiro atoms. The van der Waals surface area contributed by atoms with Gasteiger partial charge in [-0.15, -0.1) is 0 Å². The van der Waals surface area contributed by atoms with E-state index in [9.17, 15) is 4.79 Å². The number of nitrogens with one attached hydrogen (secondary N) is 1. The first-order chi connectivity index (χ1) is 9.34. The minimum absolute atomic E-state index is 0.0570. The molecule has 2 aromatic carbocycles. The van der Waals surface area contributed by atoms with E-state index in [0.717, 1.165) is 16.5 Å². The Morgan fingerprint density at radius 3 is 2.42 bits per heavy atom. The van der Waals surface area contributed by atoms with Crippen molar-refractivity contribution in [3.63, 3.8) is 0 Å².